The summed E-state index contributed by atoms with van der Waals surface area (Å²) in [5.41, 5.74) is 0. The van der Waals surface area contributed by atoms with E-state index in [2.05, 4.69) is 30.8 Å². The Bertz CT molecular complexity index is 242. The summed E-state index contributed by atoms with van der Waals surface area (Å²) in [6.45, 7) is 4.59. The van der Waals surface area contributed by atoms with Gasteiger partial charge in [0.05, 0.1) is 4.87 Å². The first-order chi connectivity index (χ1) is 9.83. The van der Waals surface area contributed by atoms with Gasteiger partial charge in [0.25, 0.3) is 0 Å². The van der Waals surface area contributed by atoms with E-state index >= 15 is 0 Å². The van der Waals surface area contributed by atoms with Crippen LogP contribution in [0.1, 0.15) is 97.3 Å². The van der Waals surface area contributed by atoms with Gasteiger partial charge in [0, 0.05) is 6.20 Å². The lowest BCUT2D eigenvalue weighted by atomic mass is 10.0. The predicted molar refractivity (Wildman–Crippen MR) is 94.0 cm³/mol. The maximum absolute atomic E-state index is 3.54. The molecule has 0 fully saturated rings. The quantitative estimate of drug-likeness (QED) is 0.384. The van der Waals surface area contributed by atoms with Crippen LogP contribution in [0, 0.1) is 0 Å². The average molecular weight is 298 g/mol. The van der Waals surface area contributed by atoms with Crippen molar-refractivity contribution < 1.29 is 0 Å². The van der Waals surface area contributed by atoms with Crippen molar-refractivity contribution in [3.63, 3.8) is 0 Å². The molecule has 0 saturated carbocycles. The number of hydrogen-bond acceptors (Lipinski definition) is 2. The van der Waals surface area contributed by atoms with E-state index in [-0.39, 0.29) is 0 Å². The normalized spacial score (nSPS) is 21.3. The van der Waals surface area contributed by atoms with Gasteiger partial charge in [0.1, 0.15) is 0 Å². The van der Waals surface area contributed by atoms with Gasteiger partial charge >= 0.3 is 0 Å². The molecule has 118 valence electrons. The summed E-state index contributed by atoms with van der Waals surface area (Å²) in [6, 6.07) is 0. The van der Waals surface area contributed by atoms with Crippen LogP contribution in [-0.4, -0.2) is 4.87 Å². The van der Waals surface area contributed by atoms with Crippen molar-refractivity contribution in [2.75, 3.05) is 0 Å². The third kappa shape index (κ3) is 7.61. The summed E-state index contributed by atoms with van der Waals surface area (Å²) in [6.07, 6.45) is 20.4. The van der Waals surface area contributed by atoms with Crippen molar-refractivity contribution in [1.29, 1.82) is 0 Å². The maximum Gasteiger partial charge on any atom is 0.0867 e. The van der Waals surface area contributed by atoms with Gasteiger partial charge in [-0.15, -0.1) is 11.8 Å². The first-order valence-electron chi connectivity index (χ1n) is 8.93. The molecule has 1 rings (SSSR count). The fourth-order valence-corrected chi connectivity index (χ4v) is 3.91. The highest BCUT2D eigenvalue weighted by molar-refractivity contribution is 8.03. The molecule has 0 radical (unpaired) electrons. The molecule has 1 unspecified atom stereocenters. The first kappa shape index (κ1) is 17.9. The topological polar surface area (TPSA) is 12.0 Å². The zero-order valence-corrected chi connectivity index (χ0v) is 14.6. The largest absolute Gasteiger partial charge is 0.376 e. The molecular formula is C18H35NS. The van der Waals surface area contributed by atoms with Crippen LogP contribution in [0.15, 0.2) is 11.6 Å². The van der Waals surface area contributed by atoms with Crippen molar-refractivity contribution in [3.8, 4) is 0 Å². The highest BCUT2D eigenvalue weighted by Crippen LogP contribution is 2.36. The molecule has 1 aliphatic heterocycles. The van der Waals surface area contributed by atoms with Gasteiger partial charge < -0.3 is 5.32 Å². The van der Waals surface area contributed by atoms with Crippen LogP contribution in [0.5, 0.6) is 0 Å². The molecule has 1 aliphatic rings. The second kappa shape index (κ2) is 11.5. The molecule has 1 nitrogen and oxygen atoms in total. The van der Waals surface area contributed by atoms with E-state index in [4.69, 9.17) is 0 Å². The number of rotatable bonds is 13. The fourth-order valence-electron chi connectivity index (χ4n) is 2.95. The van der Waals surface area contributed by atoms with Gasteiger partial charge in [-0.1, -0.05) is 84.5 Å². The van der Waals surface area contributed by atoms with Crippen LogP contribution < -0.4 is 5.32 Å². The van der Waals surface area contributed by atoms with E-state index in [9.17, 15) is 0 Å². The molecule has 0 aromatic heterocycles. The van der Waals surface area contributed by atoms with Crippen LogP contribution >= 0.6 is 11.8 Å². The molecule has 0 aromatic rings. The monoisotopic (exact) mass is 297 g/mol. The Morgan fingerprint density at radius 3 is 1.80 bits per heavy atom. The van der Waals surface area contributed by atoms with Crippen LogP contribution in [0.25, 0.3) is 0 Å². The Morgan fingerprint density at radius 2 is 1.35 bits per heavy atom. The molecular weight excluding hydrogens is 262 g/mol. The first-order valence-corrected chi connectivity index (χ1v) is 9.81. The SMILES string of the molecule is CCCCCCCCCCCCCC1(CC)NC=CS1. The number of thioether (sulfide) groups is 1. The molecule has 0 bridgehead atoms. The van der Waals surface area contributed by atoms with Crippen molar-refractivity contribution in [2.24, 2.45) is 0 Å². The van der Waals surface area contributed by atoms with Gasteiger partial charge in [-0.05, 0) is 18.2 Å². The van der Waals surface area contributed by atoms with Gasteiger partial charge in [-0.3, -0.25) is 0 Å². The van der Waals surface area contributed by atoms with Crippen LogP contribution in [0.4, 0.5) is 0 Å². The summed E-state index contributed by atoms with van der Waals surface area (Å²) in [5.74, 6) is 0. The van der Waals surface area contributed by atoms with Crippen molar-refractivity contribution in [1.82, 2.24) is 5.32 Å². The highest BCUT2D eigenvalue weighted by atomic mass is 32.2. The van der Waals surface area contributed by atoms with Crippen molar-refractivity contribution >= 4 is 11.8 Å². The highest BCUT2D eigenvalue weighted by Gasteiger charge is 2.28. The summed E-state index contributed by atoms with van der Waals surface area (Å²) >= 11 is 1.98. The lowest BCUT2D eigenvalue weighted by Crippen LogP contribution is -2.34. The lowest BCUT2D eigenvalue weighted by Gasteiger charge is -2.27. The summed E-state index contributed by atoms with van der Waals surface area (Å²) < 4.78 is 0. The van der Waals surface area contributed by atoms with E-state index in [0.717, 1.165) is 0 Å². The van der Waals surface area contributed by atoms with Gasteiger partial charge in [0.2, 0.25) is 0 Å². The third-order valence-electron chi connectivity index (χ3n) is 4.46. The van der Waals surface area contributed by atoms with E-state index < -0.39 is 0 Å². The Kier molecular flexibility index (Phi) is 10.4. The van der Waals surface area contributed by atoms with E-state index in [1.807, 2.05) is 11.8 Å². The van der Waals surface area contributed by atoms with E-state index in [1.54, 1.807) is 0 Å². The molecule has 1 atom stereocenters. The molecule has 2 heteroatoms. The van der Waals surface area contributed by atoms with Crippen LogP contribution in [0.2, 0.25) is 0 Å². The lowest BCUT2D eigenvalue weighted by molar-refractivity contribution is 0.449. The Hall–Kier alpha value is -0.110. The van der Waals surface area contributed by atoms with Crippen LogP contribution in [-0.2, 0) is 0 Å². The molecule has 1 heterocycles. The molecule has 0 aromatic carbocycles. The summed E-state index contributed by atoms with van der Waals surface area (Å²) in [5, 5.41) is 5.75. The third-order valence-corrected chi connectivity index (χ3v) is 5.80. The summed E-state index contributed by atoms with van der Waals surface area (Å²) in [7, 11) is 0. The van der Waals surface area contributed by atoms with Crippen molar-refractivity contribution in [2.45, 2.75) is 102 Å². The zero-order chi connectivity index (χ0) is 14.5. The Balaban J connectivity index is 1.83. The molecule has 0 amide bonds. The molecule has 0 aliphatic carbocycles. The van der Waals surface area contributed by atoms with Gasteiger partial charge in [0.15, 0.2) is 0 Å². The minimum absolute atomic E-state index is 0.333. The average Bonchev–Trinajstić information content (AvgIpc) is 2.94. The zero-order valence-electron chi connectivity index (χ0n) is 13.8. The Labute approximate surface area is 131 Å². The summed E-state index contributed by atoms with van der Waals surface area (Å²) in [4.78, 5) is 0.333. The van der Waals surface area contributed by atoms with E-state index in [0.29, 0.717) is 4.87 Å². The molecule has 0 spiro atoms. The smallest absolute Gasteiger partial charge is 0.0867 e. The maximum atomic E-state index is 3.54. The number of nitrogens with one attached hydrogen (secondary N) is 1. The fraction of sp³-hybridized carbons (Fsp3) is 0.889. The second-order valence-corrected chi connectivity index (χ2v) is 7.49. The van der Waals surface area contributed by atoms with Crippen molar-refractivity contribution in [3.05, 3.63) is 11.6 Å². The number of unbranched alkanes of at least 4 members (excludes halogenated alkanes) is 10. The number of hydrogen-bond donors (Lipinski definition) is 1. The van der Waals surface area contributed by atoms with Gasteiger partial charge in [-0.25, -0.2) is 0 Å². The van der Waals surface area contributed by atoms with E-state index in [1.165, 1.54) is 83.5 Å². The predicted octanol–water partition coefficient (Wildman–Crippen LogP) is 6.60. The molecule has 1 N–H and O–H groups in total. The molecule has 20 heavy (non-hydrogen) atoms. The molecule has 0 saturated heterocycles. The van der Waals surface area contributed by atoms with Crippen LogP contribution in [0.3, 0.4) is 0 Å². The minimum Gasteiger partial charge on any atom is -0.376 e. The Morgan fingerprint density at radius 1 is 0.800 bits per heavy atom. The van der Waals surface area contributed by atoms with Gasteiger partial charge in [-0.2, -0.15) is 0 Å². The minimum atomic E-state index is 0.333. The standard InChI is InChI=1S/C18H35NS/c1-3-5-6-7-8-9-10-11-12-13-14-15-18(4-2)19-16-17-20-18/h16-17,19H,3-15H2,1-2H3. The second-order valence-electron chi connectivity index (χ2n) is 6.20.